The van der Waals surface area contributed by atoms with Gasteiger partial charge in [-0.1, -0.05) is 18.5 Å². The Bertz CT molecular complexity index is 323. The molecule has 0 heterocycles. The molecular formula is C9H8Cl2O2. The van der Waals surface area contributed by atoms with Crippen molar-refractivity contribution in [3.63, 3.8) is 0 Å². The molecule has 70 valence electrons. The minimum Gasteiger partial charge on any atom is -0.414 e. The van der Waals surface area contributed by atoms with Gasteiger partial charge in [0.15, 0.2) is 0 Å². The summed E-state index contributed by atoms with van der Waals surface area (Å²) < 4.78 is 4.76. The SMILES string of the molecule is CCc1cc(Cl)ccc1OC(=O)Cl. The Morgan fingerprint density at radius 3 is 2.77 bits per heavy atom. The fraction of sp³-hybridized carbons (Fsp3) is 0.222. The average Bonchev–Trinajstić information content (AvgIpc) is 2.07. The van der Waals surface area contributed by atoms with Crippen LogP contribution in [0.5, 0.6) is 5.75 Å². The van der Waals surface area contributed by atoms with E-state index < -0.39 is 5.43 Å². The van der Waals surface area contributed by atoms with Crippen LogP contribution in [0.3, 0.4) is 0 Å². The largest absolute Gasteiger partial charge is 0.414 e. The van der Waals surface area contributed by atoms with Gasteiger partial charge < -0.3 is 4.74 Å². The number of hydrogen-bond acceptors (Lipinski definition) is 2. The van der Waals surface area contributed by atoms with Crippen LogP contribution < -0.4 is 4.74 Å². The van der Waals surface area contributed by atoms with Crippen LogP contribution in [-0.2, 0) is 6.42 Å². The standard InChI is InChI=1S/C9H8Cl2O2/c1-2-6-5-7(10)3-4-8(6)13-9(11)12/h3-5H,2H2,1H3. The summed E-state index contributed by atoms with van der Waals surface area (Å²) in [6.07, 6.45) is 0.736. The van der Waals surface area contributed by atoms with E-state index in [1.807, 2.05) is 6.92 Å². The third-order valence-corrected chi connectivity index (χ3v) is 1.91. The fourth-order valence-electron chi connectivity index (χ4n) is 1.01. The van der Waals surface area contributed by atoms with Gasteiger partial charge in [0.2, 0.25) is 0 Å². The van der Waals surface area contributed by atoms with Crippen LogP contribution in [0.25, 0.3) is 0 Å². The molecule has 2 nitrogen and oxygen atoms in total. The van der Waals surface area contributed by atoms with Gasteiger partial charge in [-0.3, -0.25) is 0 Å². The number of benzene rings is 1. The molecule has 0 aliphatic rings. The summed E-state index contributed by atoms with van der Waals surface area (Å²) in [4.78, 5) is 10.5. The van der Waals surface area contributed by atoms with Gasteiger partial charge in [-0.25, -0.2) is 4.79 Å². The Morgan fingerprint density at radius 1 is 1.54 bits per heavy atom. The van der Waals surface area contributed by atoms with Crippen molar-refractivity contribution in [2.75, 3.05) is 0 Å². The summed E-state index contributed by atoms with van der Waals surface area (Å²) >= 11 is 10.8. The minimum absolute atomic E-state index is 0.465. The van der Waals surface area contributed by atoms with Crippen molar-refractivity contribution in [2.45, 2.75) is 13.3 Å². The van der Waals surface area contributed by atoms with E-state index in [-0.39, 0.29) is 0 Å². The maximum absolute atomic E-state index is 10.5. The average molecular weight is 219 g/mol. The Labute approximate surface area is 86.4 Å². The summed E-state index contributed by atoms with van der Waals surface area (Å²) in [5, 5.41) is 0.617. The molecule has 4 heteroatoms. The molecule has 0 saturated heterocycles. The first-order valence-corrected chi connectivity index (χ1v) is 4.54. The molecule has 1 aromatic carbocycles. The third kappa shape index (κ3) is 2.90. The van der Waals surface area contributed by atoms with Crippen LogP contribution >= 0.6 is 23.2 Å². The molecule has 0 radical (unpaired) electrons. The lowest BCUT2D eigenvalue weighted by Crippen LogP contribution is -1.99. The molecule has 0 fully saturated rings. The highest BCUT2D eigenvalue weighted by Crippen LogP contribution is 2.23. The van der Waals surface area contributed by atoms with E-state index in [1.54, 1.807) is 18.2 Å². The first-order valence-electron chi connectivity index (χ1n) is 3.79. The van der Waals surface area contributed by atoms with Gasteiger partial charge in [0.05, 0.1) is 0 Å². The Hall–Kier alpha value is -0.730. The Balaban J connectivity index is 2.99. The van der Waals surface area contributed by atoms with Crippen LogP contribution in [0, 0.1) is 0 Å². The van der Waals surface area contributed by atoms with E-state index in [0.717, 1.165) is 12.0 Å². The summed E-state index contributed by atoms with van der Waals surface area (Å²) in [6.45, 7) is 1.94. The van der Waals surface area contributed by atoms with Crippen LogP contribution in [-0.4, -0.2) is 5.43 Å². The molecule has 0 N–H and O–H groups in total. The molecule has 0 saturated carbocycles. The number of aryl methyl sites for hydroxylation is 1. The molecule has 0 amide bonds. The van der Waals surface area contributed by atoms with Gasteiger partial charge in [-0.2, -0.15) is 0 Å². The summed E-state index contributed by atoms with van der Waals surface area (Å²) in [5.74, 6) is 0.465. The van der Waals surface area contributed by atoms with Crippen LogP contribution in [0.4, 0.5) is 4.79 Å². The zero-order valence-corrected chi connectivity index (χ0v) is 8.52. The molecule has 0 bridgehead atoms. The molecule has 13 heavy (non-hydrogen) atoms. The summed E-state index contributed by atoms with van der Waals surface area (Å²) in [7, 11) is 0. The van der Waals surface area contributed by atoms with E-state index in [0.29, 0.717) is 10.8 Å². The van der Waals surface area contributed by atoms with Crippen molar-refractivity contribution in [3.8, 4) is 5.75 Å². The van der Waals surface area contributed by atoms with Crippen molar-refractivity contribution >= 4 is 28.6 Å². The van der Waals surface area contributed by atoms with Gasteiger partial charge in [0, 0.05) is 16.6 Å². The number of carbonyl (C=O) groups is 1. The van der Waals surface area contributed by atoms with Crippen LogP contribution in [0.1, 0.15) is 12.5 Å². The normalized spacial score (nSPS) is 9.77. The van der Waals surface area contributed by atoms with Gasteiger partial charge >= 0.3 is 5.43 Å². The van der Waals surface area contributed by atoms with Gasteiger partial charge in [-0.15, -0.1) is 0 Å². The summed E-state index contributed by atoms with van der Waals surface area (Å²) in [5.41, 5.74) is 0.0264. The zero-order chi connectivity index (χ0) is 9.84. The lowest BCUT2D eigenvalue weighted by molar-refractivity contribution is 0.225. The number of rotatable bonds is 2. The smallest absolute Gasteiger partial charge is 0.409 e. The number of ether oxygens (including phenoxy) is 1. The first kappa shape index (κ1) is 10.4. The first-order chi connectivity index (χ1) is 6.13. The molecule has 0 aromatic heterocycles. The highest BCUT2D eigenvalue weighted by Gasteiger charge is 2.05. The molecule has 0 aliphatic carbocycles. The molecular weight excluding hydrogens is 211 g/mol. The Morgan fingerprint density at radius 2 is 2.23 bits per heavy atom. The van der Waals surface area contributed by atoms with E-state index in [1.165, 1.54) is 0 Å². The quantitative estimate of drug-likeness (QED) is 0.709. The Kier molecular flexibility index (Phi) is 3.58. The second-order valence-electron chi connectivity index (χ2n) is 2.45. The highest BCUT2D eigenvalue weighted by atomic mass is 35.5. The van der Waals surface area contributed by atoms with Crippen molar-refractivity contribution in [3.05, 3.63) is 28.8 Å². The van der Waals surface area contributed by atoms with E-state index in [4.69, 9.17) is 27.9 Å². The second-order valence-corrected chi connectivity index (χ2v) is 3.19. The molecule has 0 spiro atoms. The van der Waals surface area contributed by atoms with Crippen molar-refractivity contribution in [1.82, 2.24) is 0 Å². The fourth-order valence-corrected chi connectivity index (χ4v) is 1.29. The van der Waals surface area contributed by atoms with Crippen LogP contribution in [0.2, 0.25) is 5.02 Å². The van der Waals surface area contributed by atoms with Gasteiger partial charge in [-0.05, 0) is 30.2 Å². The van der Waals surface area contributed by atoms with Crippen molar-refractivity contribution in [2.24, 2.45) is 0 Å². The van der Waals surface area contributed by atoms with Crippen molar-refractivity contribution < 1.29 is 9.53 Å². The second kappa shape index (κ2) is 4.49. The maximum atomic E-state index is 10.5. The van der Waals surface area contributed by atoms with Crippen molar-refractivity contribution in [1.29, 1.82) is 0 Å². The predicted molar refractivity (Wildman–Crippen MR) is 52.7 cm³/mol. The molecule has 0 aliphatic heterocycles. The molecule has 1 rings (SSSR count). The third-order valence-electron chi connectivity index (χ3n) is 1.59. The molecule has 0 atom stereocenters. The minimum atomic E-state index is -0.836. The lowest BCUT2D eigenvalue weighted by Gasteiger charge is -2.05. The van der Waals surface area contributed by atoms with E-state index in [9.17, 15) is 4.79 Å². The van der Waals surface area contributed by atoms with Gasteiger partial charge in [0.25, 0.3) is 0 Å². The predicted octanol–water partition coefficient (Wildman–Crippen LogP) is 3.64. The highest BCUT2D eigenvalue weighted by molar-refractivity contribution is 6.61. The van der Waals surface area contributed by atoms with Gasteiger partial charge in [0.1, 0.15) is 5.75 Å². The van der Waals surface area contributed by atoms with Crippen LogP contribution in [0.15, 0.2) is 18.2 Å². The number of carbonyl (C=O) groups excluding carboxylic acids is 1. The topological polar surface area (TPSA) is 26.3 Å². The van der Waals surface area contributed by atoms with E-state index >= 15 is 0 Å². The van der Waals surface area contributed by atoms with E-state index in [2.05, 4.69) is 0 Å². The zero-order valence-electron chi connectivity index (χ0n) is 7.01. The molecule has 0 unspecified atom stereocenters. The monoisotopic (exact) mass is 218 g/mol. The number of halogens is 2. The number of hydrogen-bond donors (Lipinski definition) is 0. The maximum Gasteiger partial charge on any atom is 0.409 e. The molecule has 1 aromatic rings. The summed E-state index contributed by atoms with van der Waals surface area (Å²) in [6, 6.07) is 5.02. The lowest BCUT2D eigenvalue weighted by atomic mass is 10.1.